The minimum Gasteiger partial charge on any atom is -0.494 e. The standard InChI is InChI=1S/C18H16F3N3O2S/c1-2-26-14-7-3-12(4-8-14)16-11-17(18(19,20)21)23-24(16)13-5-9-15(10-6-13)27(22)25/h3-11H,2,22H2,1H3. The number of nitrogens with zero attached hydrogens (tertiary/aromatic N) is 2. The van der Waals surface area contributed by atoms with Gasteiger partial charge in [0.05, 0.1) is 22.9 Å². The predicted octanol–water partition coefficient (Wildman–Crippen LogP) is 3.94. The van der Waals surface area contributed by atoms with Gasteiger partial charge in [0.2, 0.25) is 0 Å². The minimum atomic E-state index is -4.58. The molecule has 0 bridgehead atoms. The van der Waals surface area contributed by atoms with Gasteiger partial charge in [-0.05, 0) is 61.5 Å². The van der Waals surface area contributed by atoms with Gasteiger partial charge in [0.25, 0.3) is 0 Å². The van der Waals surface area contributed by atoms with Gasteiger partial charge in [-0.1, -0.05) is 0 Å². The predicted molar refractivity (Wildman–Crippen MR) is 95.8 cm³/mol. The van der Waals surface area contributed by atoms with E-state index in [2.05, 4.69) is 5.10 Å². The molecule has 9 heteroatoms. The summed E-state index contributed by atoms with van der Waals surface area (Å²) in [6.45, 7) is 2.33. The van der Waals surface area contributed by atoms with Crippen LogP contribution in [0.3, 0.4) is 0 Å². The molecular weight excluding hydrogens is 379 g/mol. The summed E-state index contributed by atoms with van der Waals surface area (Å²) in [5.74, 6) is 0.623. The van der Waals surface area contributed by atoms with Gasteiger partial charge < -0.3 is 4.74 Å². The average molecular weight is 395 g/mol. The summed E-state index contributed by atoms with van der Waals surface area (Å²) in [4.78, 5) is 0.365. The van der Waals surface area contributed by atoms with Crippen molar-refractivity contribution in [3.8, 4) is 22.7 Å². The van der Waals surface area contributed by atoms with Gasteiger partial charge in [-0.15, -0.1) is 0 Å². The molecule has 0 aliphatic heterocycles. The van der Waals surface area contributed by atoms with Crippen LogP contribution in [0.4, 0.5) is 13.2 Å². The van der Waals surface area contributed by atoms with E-state index in [1.165, 1.54) is 28.9 Å². The zero-order chi connectivity index (χ0) is 19.6. The number of ether oxygens (including phenoxy) is 1. The fraction of sp³-hybridized carbons (Fsp3) is 0.167. The van der Waals surface area contributed by atoms with Crippen LogP contribution < -0.4 is 9.88 Å². The zero-order valence-corrected chi connectivity index (χ0v) is 15.1. The van der Waals surface area contributed by atoms with Crippen LogP contribution in [0.15, 0.2) is 59.5 Å². The van der Waals surface area contributed by atoms with E-state index in [9.17, 15) is 17.4 Å². The molecule has 27 heavy (non-hydrogen) atoms. The molecule has 0 aliphatic rings. The summed E-state index contributed by atoms with van der Waals surface area (Å²) < 4.78 is 57.5. The van der Waals surface area contributed by atoms with E-state index in [1.54, 1.807) is 24.3 Å². The monoisotopic (exact) mass is 395 g/mol. The van der Waals surface area contributed by atoms with Crippen LogP contribution in [-0.2, 0) is 17.2 Å². The number of halogens is 3. The second kappa shape index (κ2) is 7.53. The smallest absolute Gasteiger partial charge is 0.435 e. The van der Waals surface area contributed by atoms with Crippen molar-refractivity contribution >= 4 is 11.0 Å². The quantitative estimate of drug-likeness (QED) is 0.711. The molecule has 1 aromatic heterocycles. The lowest BCUT2D eigenvalue weighted by atomic mass is 10.1. The van der Waals surface area contributed by atoms with Crippen molar-refractivity contribution in [2.75, 3.05) is 6.61 Å². The molecule has 1 unspecified atom stereocenters. The molecule has 142 valence electrons. The number of hydrogen-bond acceptors (Lipinski definition) is 3. The Balaban J connectivity index is 2.09. The Morgan fingerprint density at radius 3 is 2.26 bits per heavy atom. The Bertz CT molecular complexity index is 951. The first-order valence-corrected chi connectivity index (χ1v) is 9.18. The van der Waals surface area contributed by atoms with E-state index in [0.29, 0.717) is 28.5 Å². The molecular formula is C18H16F3N3O2S. The average Bonchev–Trinajstić information content (AvgIpc) is 3.08. The number of nitrogens with two attached hydrogens (primary N) is 1. The van der Waals surface area contributed by atoms with Crippen molar-refractivity contribution in [2.45, 2.75) is 18.0 Å². The van der Waals surface area contributed by atoms with E-state index < -0.39 is 22.9 Å². The first-order chi connectivity index (χ1) is 12.8. The van der Waals surface area contributed by atoms with E-state index in [0.717, 1.165) is 6.07 Å². The molecule has 3 aromatic rings. The Hall–Kier alpha value is -2.65. The Morgan fingerprint density at radius 2 is 1.74 bits per heavy atom. The van der Waals surface area contributed by atoms with Crippen molar-refractivity contribution in [2.24, 2.45) is 5.14 Å². The van der Waals surface area contributed by atoms with Crippen LogP contribution in [0.5, 0.6) is 5.75 Å². The van der Waals surface area contributed by atoms with Crippen LogP contribution in [0.1, 0.15) is 12.6 Å². The summed E-state index contributed by atoms with van der Waals surface area (Å²) in [7, 11) is -1.67. The molecule has 0 radical (unpaired) electrons. The largest absolute Gasteiger partial charge is 0.494 e. The molecule has 3 rings (SSSR count). The van der Waals surface area contributed by atoms with Gasteiger partial charge in [0.15, 0.2) is 5.69 Å². The lowest BCUT2D eigenvalue weighted by molar-refractivity contribution is -0.141. The summed E-state index contributed by atoms with van der Waals surface area (Å²) in [6.07, 6.45) is -4.58. The molecule has 5 nitrogen and oxygen atoms in total. The van der Waals surface area contributed by atoms with E-state index >= 15 is 0 Å². The zero-order valence-electron chi connectivity index (χ0n) is 14.2. The number of rotatable bonds is 5. The maximum atomic E-state index is 13.2. The third-order valence-corrected chi connectivity index (χ3v) is 4.51. The molecule has 0 aliphatic carbocycles. The third kappa shape index (κ3) is 4.20. The van der Waals surface area contributed by atoms with Gasteiger partial charge in [-0.2, -0.15) is 18.3 Å². The molecule has 2 aromatic carbocycles. The minimum absolute atomic E-state index is 0.270. The van der Waals surface area contributed by atoms with E-state index in [1.807, 2.05) is 6.92 Å². The fourth-order valence-corrected chi connectivity index (χ4v) is 2.94. The number of alkyl halides is 3. The van der Waals surface area contributed by atoms with Crippen LogP contribution in [0, 0.1) is 0 Å². The number of hydrogen-bond donors (Lipinski definition) is 1. The number of benzene rings is 2. The highest BCUT2D eigenvalue weighted by molar-refractivity contribution is 7.82. The normalized spacial score (nSPS) is 12.8. The highest BCUT2D eigenvalue weighted by Gasteiger charge is 2.35. The first kappa shape index (κ1) is 19.1. The van der Waals surface area contributed by atoms with Crippen molar-refractivity contribution in [1.82, 2.24) is 9.78 Å². The van der Waals surface area contributed by atoms with Crippen LogP contribution >= 0.6 is 0 Å². The summed E-state index contributed by atoms with van der Waals surface area (Å²) in [5.41, 5.74) is 0.210. The summed E-state index contributed by atoms with van der Waals surface area (Å²) >= 11 is 0. The fourth-order valence-electron chi connectivity index (χ4n) is 2.53. The second-order valence-corrected chi connectivity index (χ2v) is 6.64. The lowest BCUT2D eigenvalue weighted by Crippen LogP contribution is -2.08. The maximum Gasteiger partial charge on any atom is 0.435 e. The maximum absolute atomic E-state index is 13.2. The van der Waals surface area contributed by atoms with Gasteiger partial charge in [-0.25, -0.2) is 14.0 Å². The van der Waals surface area contributed by atoms with Gasteiger partial charge in [0, 0.05) is 5.56 Å². The van der Waals surface area contributed by atoms with Gasteiger partial charge in [0.1, 0.15) is 16.7 Å². The second-order valence-electron chi connectivity index (χ2n) is 5.57. The molecule has 0 saturated carbocycles. The molecule has 1 heterocycles. The molecule has 1 atom stereocenters. The van der Waals surface area contributed by atoms with Crippen molar-refractivity contribution in [3.63, 3.8) is 0 Å². The lowest BCUT2D eigenvalue weighted by Gasteiger charge is -2.09. The molecule has 2 N–H and O–H groups in total. The molecule has 0 saturated heterocycles. The third-order valence-electron chi connectivity index (χ3n) is 3.77. The summed E-state index contributed by atoms with van der Waals surface area (Å²) in [5, 5.41) is 9.03. The summed E-state index contributed by atoms with van der Waals surface area (Å²) in [6, 6.07) is 13.7. The van der Waals surface area contributed by atoms with Crippen LogP contribution in [0.25, 0.3) is 16.9 Å². The molecule has 0 spiro atoms. The van der Waals surface area contributed by atoms with Crippen molar-refractivity contribution < 1.29 is 22.1 Å². The van der Waals surface area contributed by atoms with Gasteiger partial charge in [-0.3, -0.25) is 0 Å². The Kier molecular flexibility index (Phi) is 5.33. The highest BCUT2D eigenvalue weighted by atomic mass is 32.2. The first-order valence-electron chi connectivity index (χ1n) is 7.96. The van der Waals surface area contributed by atoms with Crippen molar-refractivity contribution in [1.29, 1.82) is 0 Å². The molecule has 0 amide bonds. The van der Waals surface area contributed by atoms with Crippen LogP contribution in [0.2, 0.25) is 0 Å². The van der Waals surface area contributed by atoms with E-state index in [-0.39, 0.29) is 5.69 Å². The van der Waals surface area contributed by atoms with Crippen LogP contribution in [-0.4, -0.2) is 20.6 Å². The SMILES string of the molecule is CCOc1ccc(-c2cc(C(F)(F)F)nn2-c2ccc(S(N)=O)cc2)cc1. The number of aromatic nitrogens is 2. The van der Waals surface area contributed by atoms with Gasteiger partial charge >= 0.3 is 6.18 Å². The highest BCUT2D eigenvalue weighted by Crippen LogP contribution is 2.33. The van der Waals surface area contributed by atoms with E-state index in [4.69, 9.17) is 9.88 Å². The Morgan fingerprint density at radius 1 is 1.11 bits per heavy atom. The van der Waals surface area contributed by atoms with Crippen molar-refractivity contribution in [3.05, 3.63) is 60.3 Å². The topological polar surface area (TPSA) is 70.1 Å². The Labute approximate surface area is 156 Å². The molecule has 0 fully saturated rings.